The Morgan fingerprint density at radius 2 is 2.44 bits per heavy atom. The van der Waals surface area contributed by atoms with Crippen LogP contribution in [0, 0.1) is 0 Å². The summed E-state index contributed by atoms with van der Waals surface area (Å²) in [4.78, 5) is 0. The molecule has 0 aliphatic rings. The van der Waals surface area contributed by atoms with Crippen molar-refractivity contribution in [1.82, 2.24) is 9.42 Å². The van der Waals surface area contributed by atoms with Crippen molar-refractivity contribution in [3.63, 3.8) is 0 Å². The SMILES string of the molecule is ON=c1c(Cl)non1Cl. The zero-order chi connectivity index (χ0) is 6.85. The average molecular weight is 170 g/mol. The Morgan fingerprint density at radius 1 is 1.78 bits per heavy atom. The van der Waals surface area contributed by atoms with Crippen LogP contribution < -0.4 is 5.49 Å². The van der Waals surface area contributed by atoms with Crippen molar-refractivity contribution < 1.29 is 9.84 Å². The molecule has 1 aromatic heterocycles. The second-order valence-corrected chi connectivity index (χ2v) is 1.80. The Hall–Kier alpha value is -0.680. The molecule has 0 atom stereocenters. The van der Waals surface area contributed by atoms with Crippen LogP contribution in [0.4, 0.5) is 0 Å². The fourth-order valence-corrected chi connectivity index (χ4v) is 0.634. The Morgan fingerprint density at radius 3 is 2.67 bits per heavy atom. The highest BCUT2D eigenvalue weighted by Gasteiger charge is 2.02. The van der Waals surface area contributed by atoms with Gasteiger partial charge < -0.3 is 5.21 Å². The van der Waals surface area contributed by atoms with Gasteiger partial charge in [-0.05, 0) is 5.16 Å². The van der Waals surface area contributed by atoms with E-state index in [1.54, 1.807) is 0 Å². The number of aromatic nitrogens is 2. The first-order valence-corrected chi connectivity index (χ1v) is 2.56. The van der Waals surface area contributed by atoms with E-state index in [-0.39, 0.29) is 10.6 Å². The first kappa shape index (κ1) is 6.44. The van der Waals surface area contributed by atoms with Gasteiger partial charge in [0, 0.05) is 0 Å². The summed E-state index contributed by atoms with van der Waals surface area (Å²) in [5, 5.41) is 13.9. The van der Waals surface area contributed by atoms with Crippen LogP contribution in [-0.4, -0.2) is 14.6 Å². The quantitative estimate of drug-likeness (QED) is 0.453. The van der Waals surface area contributed by atoms with E-state index in [9.17, 15) is 0 Å². The summed E-state index contributed by atoms with van der Waals surface area (Å²) in [6.07, 6.45) is 0. The van der Waals surface area contributed by atoms with Gasteiger partial charge in [0.15, 0.2) is 0 Å². The maximum Gasteiger partial charge on any atom is 0.264 e. The maximum atomic E-state index is 8.12. The predicted molar refractivity (Wildman–Crippen MR) is 28.1 cm³/mol. The second kappa shape index (κ2) is 2.28. The molecule has 7 heteroatoms. The third kappa shape index (κ3) is 1.01. The molecule has 0 saturated heterocycles. The minimum absolute atomic E-state index is 0.0903. The number of nitrogens with zero attached hydrogens (tertiary/aromatic N) is 3. The van der Waals surface area contributed by atoms with E-state index in [4.69, 9.17) is 28.6 Å². The summed E-state index contributed by atoms with van der Waals surface area (Å²) in [5.74, 6) is 0. The van der Waals surface area contributed by atoms with Gasteiger partial charge in [0.05, 0.1) is 11.8 Å². The van der Waals surface area contributed by atoms with E-state index in [2.05, 4.69) is 14.9 Å². The van der Waals surface area contributed by atoms with Crippen LogP contribution in [0.2, 0.25) is 5.15 Å². The van der Waals surface area contributed by atoms with Crippen LogP contribution in [0.1, 0.15) is 0 Å². The van der Waals surface area contributed by atoms with E-state index >= 15 is 0 Å². The fraction of sp³-hybridized carbons (Fsp3) is 0. The van der Waals surface area contributed by atoms with Crippen LogP contribution in [0.25, 0.3) is 0 Å². The number of hydrogen-bond donors (Lipinski definition) is 1. The standard InChI is InChI=1S/C2HCl2N3O2/c3-1-2(5-8)7(4)9-6-1/h8H. The van der Waals surface area contributed by atoms with Gasteiger partial charge in [-0.3, -0.25) is 0 Å². The highest BCUT2D eigenvalue weighted by atomic mass is 35.5. The van der Waals surface area contributed by atoms with Crippen LogP contribution in [0.15, 0.2) is 9.78 Å². The number of hydrogen-bond acceptors (Lipinski definition) is 4. The first-order chi connectivity index (χ1) is 4.25. The molecule has 1 rings (SSSR count). The lowest BCUT2D eigenvalue weighted by Crippen LogP contribution is -2.08. The Labute approximate surface area is 59.1 Å². The summed E-state index contributed by atoms with van der Waals surface area (Å²) < 4.78 is 4.85. The summed E-state index contributed by atoms with van der Waals surface area (Å²) in [6.45, 7) is 0. The molecule has 0 unspecified atom stereocenters. The summed E-state index contributed by atoms with van der Waals surface area (Å²) >= 11 is 10.5. The van der Waals surface area contributed by atoms with Gasteiger partial charge in [-0.25, -0.2) is 4.63 Å². The lowest BCUT2D eigenvalue weighted by atomic mass is 10.9. The van der Waals surface area contributed by atoms with E-state index < -0.39 is 0 Å². The zero-order valence-corrected chi connectivity index (χ0v) is 5.46. The normalized spacial score (nSPS) is 12.4. The predicted octanol–water partition coefficient (Wildman–Crippen LogP) is 0.421. The molecular formula is C2HCl2N3O2. The number of rotatable bonds is 0. The van der Waals surface area contributed by atoms with Crippen LogP contribution in [0.3, 0.4) is 0 Å². The minimum atomic E-state index is -0.127. The minimum Gasteiger partial charge on any atom is -0.409 e. The monoisotopic (exact) mass is 169 g/mol. The molecule has 0 amide bonds. The van der Waals surface area contributed by atoms with Gasteiger partial charge in [0.25, 0.3) is 5.49 Å². The number of halogens is 2. The molecule has 0 bridgehead atoms. The summed E-state index contributed by atoms with van der Waals surface area (Å²) in [7, 11) is 0. The molecule has 50 valence electrons. The van der Waals surface area contributed by atoms with Crippen LogP contribution >= 0.6 is 23.4 Å². The molecule has 0 spiro atoms. The van der Waals surface area contributed by atoms with Crippen molar-refractivity contribution in [2.45, 2.75) is 0 Å². The van der Waals surface area contributed by atoms with Crippen molar-refractivity contribution in [2.24, 2.45) is 5.16 Å². The molecule has 0 aliphatic carbocycles. The smallest absolute Gasteiger partial charge is 0.264 e. The zero-order valence-electron chi connectivity index (χ0n) is 3.95. The van der Waals surface area contributed by atoms with Crippen molar-refractivity contribution in [3.05, 3.63) is 10.6 Å². The molecule has 1 N–H and O–H groups in total. The molecule has 0 saturated carbocycles. The first-order valence-electron chi connectivity index (χ1n) is 1.84. The van der Waals surface area contributed by atoms with Crippen molar-refractivity contribution in [3.8, 4) is 0 Å². The second-order valence-electron chi connectivity index (χ2n) is 1.13. The van der Waals surface area contributed by atoms with Gasteiger partial charge in [-0.15, -0.1) is 0 Å². The molecule has 0 radical (unpaired) electrons. The van der Waals surface area contributed by atoms with E-state index in [1.165, 1.54) is 0 Å². The largest absolute Gasteiger partial charge is 0.409 e. The molecule has 5 nitrogen and oxygen atoms in total. The summed E-state index contributed by atoms with van der Waals surface area (Å²) in [5.41, 5.74) is -0.127. The molecule has 0 aliphatic heterocycles. The van der Waals surface area contributed by atoms with Crippen LogP contribution in [0.5, 0.6) is 0 Å². The molecule has 0 aromatic carbocycles. The van der Waals surface area contributed by atoms with Gasteiger partial charge in [-0.1, -0.05) is 21.0 Å². The molecule has 1 aromatic rings. The van der Waals surface area contributed by atoms with Crippen molar-refractivity contribution in [1.29, 1.82) is 0 Å². The van der Waals surface area contributed by atoms with Gasteiger partial charge >= 0.3 is 0 Å². The maximum absolute atomic E-state index is 8.12. The lowest BCUT2D eigenvalue weighted by Gasteiger charge is -1.74. The molecule has 1 heterocycles. The van der Waals surface area contributed by atoms with E-state index in [0.717, 1.165) is 0 Å². The Bertz CT molecular complexity index is 241. The fourth-order valence-electron chi connectivity index (χ4n) is 0.300. The van der Waals surface area contributed by atoms with Crippen molar-refractivity contribution >= 4 is 23.4 Å². The van der Waals surface area contributed by atoms with E-state index in [0.29, 0.717) is 4.26 Å². The molecule has 9 heavy (non-hydrogen) atoms. The average Bonchev–Trinajstić information content (AvgIpc) is 2.12. The van der Waals surface area contributed by atoms with Gasteiger partial charge in [-0.2, -0.15) is 0 Å². The topological polar surface area (TPSA) is 63.6 Å². The van der Waals surface area contributed by atoms with Gasteiger partial charge in [0.2, 0.25) is 5.15 Å². The molecular weight excluding hydrogens is 169 g/mol. The highest BCUT2D eigenvalue weighted by molar-refractivity contribution is 6.29. The third-order valence-electron chi connectivity index (χ3n) is 0.638. The van der Waals surface area contributed by atoms with Gasteiger partial charge in [0.1, 0.15) is 0 Å². The van der Waals surface area contributed by atoms with Crippen molar-refractivity contribution in [2.75, 3.05) is 0 Å². The summed E-state index contributed by atoms with van der Waals surface area (Å²) in [6, 6.07) is 0. The van der Waals surface area contributed by atoms with Crippen LogP contribution in [-0.2, 0) is 0 Å². The molecule has 0 fully saturated rings. The Balaban J connectivity index is 3.42. The highest BCUT2D eigenvalue weighted by Crippen LogP contribution is 1.95. The lowest BCUT2D eigenvalue weighted by molar-refractivity contribution is 0.252. The Kier molecular flexibility index (Phi) is 1.63. The van der Waals surface area contributed by atoms with E-state index in [1.807, 2.05) is 0 Å². The third-order valence-corrected chi connectivity index (χ3v) is 1.10.